The maximum absolute atomic E-state index is 13.5. The smallest absolute Gasteiger partial charge is 0.321 e. The topological polar surface area (TPSA) is 92.8 Å². The molecule has 0 aliphatic carbocycles. The van der Waals surface area contributed by atoms with Gasteiger partial charge in [-0.15, -0.1) is 0 Å². The first-order valence-electron chi connectivity index (χ1n) is 7.87. The molecule has 0 aliphatic rings. The quantitative estimate of drug-likeness (QED) is 0.676. The van der Waals surface area contributed by atoms with Crippen LogP contribution in [0.15, 0.2) is 23.1 Å². The fraction of sp³-hybridized carbons (Fsp3) is 0.500. The maximum atomic E-state index is 13.5. The van der Waals surface area contributed by atoms with Gasteiger partial charge in [-0.3, -0.25) is 9.59 Å². The van der Waals surface area contributed by atoms with Gasteiger partial charge in [-0.1, -0.05) is 6.07 Å². The minimum Gasteiger partial charge on any atom is -0.455 e. The van der Waals surface area contributed by atoms with E-state index in [-0.39, 0.29) is 12.1 Å². The third-order valence-corrected chi connectivity index (χ3v) is 4.80. The third-order valence-electron chi connectivity index (χ3n) is 3.35. The minimum absolute atomic E-state index is 0.108. The minimum atomic E-state index is -4.59. The van der Waals surface area contributed by atoms with Crippen molar-refractivity contribution in [3.63, 3.8) is 0 Å². The van der Waals surface area contributed by atoms with Crippen LogP contribution in [0.5, 0.6) is 0 Å². The van der Waals surface area contributed by atoms with E-state index in [0.29, 0.717) is 0 Å². The van der Waals surface area contributed by atoms with Crippen molar-refractivity contribution in [1.82, 2.24) is 9.62 Å². The van der Waals surface area contributed by atoms with E-state index in [2.05, 4.69) is 0 Å². The number of hydrogen-bond acceptors (Lipinski definition) is 5. The molecule has 1 N–H and O–H groups in total. The summed E-state index contributed by atoms with van der Waals surface area (Å²) in [7, 11) is -4.59. The van der Waals surface area contributed by atoms with E-state index in [1.807, 2.05) is 0 Å². The fourth-order valence-electron chi connectivity index (χ4n) is 2.41. The molecular formula is C16H22F2N2O5S. The number of carbonyl (C=O) groups excluding carboxylic acids is 2. The molecule has 0 saturated heterocycles. The first-order chi connectivity index (χ1) is 12.0. The highest BCUT2D eigenvalue weighted by Gasteiger charge is 2.25. The van der Waals surface area contributed by atoms with Crippen LogP contribution in [-0.4, -0.2) is 50.4 Å². The molecule has 0 heterocycles. The van der Waals surface area contributed by atoms with Crippen molar-refractivity contribution < 1.29 is 31.5 Å². The number of halogens is 2. The Morgan fingerprint density at radius 1 is 1.12 bits per heavy atom. The van der Waals surface area contributed by atoms with Gasteiger partial charge in [-0.05, 0) is 39.8 Å². The van der Waals surface area contributed by atoms with Gasteiger partial charge in [0.25, 0.3) is 5.91 Å². The lowest BCUT2D eigenvalue weighted by Gasteiger charge is -2.30. The Kier molecular flexibility index (Phi) is 7.64. The number of sulfonamides is 1. The van der Waals surface area contributed by atoms with Crippen molar-refractivity contribution in [2.75, 3.05) is 13.2 Å². The molecule has 10 heteroatoms. The summed E-state index contributed by atoms with van der Waals surface area (Å²) in [6, 6.07) is 2.35. The van der Waals surface area contributed by atoms with Crippen LogP contribution >= 0.6 is 0 Å². The number of amides is 1. The molecule has 0 atom stereocenters. The number of ether oxygens (including phenoxy) is 1. The number of hydrogen-bond donors (Lipinski definition) is 1. The molecule has 0 aromatic heterocycles. The molecule has 0 unspecified atom stereocenters. The second kappa shape index (κ2) is 9.04. The van der Waals surface area contributed by atoms with E-state index in [0.717, 1.165) is 18.2 Å². The van der Waals surface area contributed by atoms with Crippen LogP contribution < -0.4 is 4.72 Å². The number of carbonyl (C=O) groups is 2. The van der Waals surface area contributed by atoms with Crippen LogP contribution in [0.4, 0.5) is 8.78 Å². The van der Waals surface area contributed by atoms with Crippen LogP contribution in [-0.2, 0) is 24.3 Å². The van der Waals surface area contributed by atoms with Crippen molar-refractivity contribution >= 4 is 21.9 Å². The van der Waals surface area contributed by atoms with Crippen molar-refractivity contribution in [3.8, 4) is 0 Å². The predicted octanol–water partition coefficient (Wildman–Crippen LogP) is 1.43. The molecule has 0 aliphatic heterocycles. The van der Waals surface area contributed by atoms with Gasteiger partial charge in [-0.2, -0.15) is 4.72 Å². The van der Waals surface area contributed by atoms with Crippen molar-refractivity contribution in [1.29, 1.82) is 0 Å². The summed E-state index contributed by atoms with van der Waals surface area (Å²) in [5, 5.41) is 0. The molecule has 1 aromatic rings. The molecule has 26 heavy (non-hydrogen) atoms. The van der Waals surface area contributed by atoms with E-state index in [9.17, 15) is 26.8 Å². The molecule has 0 spiro atoms. The lowest BCUT2D eigenvalue weighted by Crippen LogP contribution is -2.44. The fourth-order valence-corrected chi connectivity index (χ4v) is 3.51. The Balaban J connectivity index is 2.66. The Morgan fingerprint density at radius 2 is 1.62 bits per heavy atom. The molecule has 1 rings (SSSR count). The van der Waals surface area contributed by atoms with E-state index in [1.165, 1.54) is 4.90 Å². The maximum Gasteiger partial charge on any atom is 0.321 e. The molecular weight excluding hydrogens is 370 g/mol. The predicted molar refractivity (Wildman–Crippen MR) is 89.6 cm³/mol. The van der Waals surface area contributed by atoms with Crippen LogP contribution in [0.25, 0.3) is 0 Å². The zero-order chi connectivity index (χ0) is 20.1. The van der Waals surface area contributed by atoms with Gasteiger partial charge >= 0.3 is 5.97 Å². The summed E-state index contributed by atoms with van der Waals surface area (Å²) in [6.45, 7) is 5.78. The second-order valence-electron chi connectivity index (χ2n) is 6.02. The number of nitrogens with zero attached hydrogens (tertiary/aromatic N) is 1. The van der Waals surface area contributed by atoms with E-state index < -0.39 is 51.6 Å². The van der Waals surface area contributed by atoms with Crippen LogP contribution in [0.2, 0.25) is 0 Å². The van der Waals surface area contributed by atoms with Gasteiger partial charge in [0, 0.05) is 12.1 Å². The number of esters is 1. The van der Waals surface area contributed by atoms with Crippen LogP contribution in [0, 0.1) is 11.6 Å². The summed E-state index contributed by atoms with van der Waals surface area (Å²) in [5.41, 5.74) is 0. The molecule has 0 saturated carbocycles. The number of nitrogens with one attached hydrogen (secondary N) is 1. The van der Waals surface area contributed by atoms with Crippen LogP contribution in [0.1, 0.15) is 27.7 Å². The Hall–Kier alpha value is -2.07. The molecule has 146 valence electrons. The highest BCUT2D eigenvalue weighted by Crippen LogP contribution is 2.17. The molecule has 7 nitrogen and oxygen atoms in total. The monoisotopic (exact) mass is 392 g/mol. The summed E-state index contributed by atoms with van der Waals surface area (Å²) in [5.74, 6) is -4.06. The van der Waals surface area contributed by atoms with E-state index >= 15 is 0 Å². The van der Waals surface area contributed by atoms with Gasteiger partial charge in [0.1, 0.15) is 18.2 Å². The zero-order valence-electron chi connectivity index (χ0n) is 15.0. The summed E-state index contributed by atoms with van der Waals surface area (Å²) < 4.78 is 57.4. The molecule has 0 radical (unpaired) electrons. The largest absolute Gasteiger partial charge is 0.455 e. The molecule has 1 aromatic carbocycles. The average Bonchev–Trinajstić information content (AvgIpc) is 2.50. The third kappa shape index (κ3) is 5.73. The molecule has 0 bridgehead atoms. The summed E-state index contributed by atoms with van der Waals surface area (Å²) in [4.78, 5) is 24.0. The van der Waals surface area contributed by atoms with Gasteiger partial charge in [0.05, 0.1) is 0 Å². The zero-order valence-corrected chi connectivity index (χ0v) is 15.8. The number of benzene rings is 1. The van der Waals surface area contributed by atoms with Crippen molar-refractivity contribution in [2.24, 2.45) is 0 Å². The van der Waals surface area contributed by atoms with E-state index in [1.54, 1.807) is 32.4 Å². The second-order valence-corrected chi connectivity index (χ2v) is 7.73. The average molecular weight is 392 g/mol. The molecule has 1 amide bonds. The Bertz CT molecular complexity index is 738. The van der Waals surface area contributed by atoms with Crippen molar-refractivity contribution in [2.45, 2.75) is 44.7 Å². The standard InChI is InChI=1S/C16H22F2N2O5S/c1-10(2)20(11(3)4)14(21)9-25-15(22)8-19-26(23,24)16-12(17)6-5-7-13(16)18/h5-7,10-11,19H,8-9H2,1-4H3. The van der Waals surface area contributed by atoms with Gasteiger partial charge in [-0.25, -0.2) is 17.2 Å². The lowest BCUT2D eigenvalue weighted by molar-refractivity contribution is -0.152. The Morgan fingerprint density at radius 3 is 2.08 bits per heavy atom. The first kappa shape index (κ1) is 22.0. The first-order valence-corrected chi connectivity index (χ1v) is 9.36. The SMILES string of the molecule is CC(C)N(C(=O)COC(=O)CNS(=O)(=O)c1c(F)cccc1F)C(C)C. The highest BCUT2D eigenvalue weighted by atomic mass is 32.2. The van der Waals surface area contributed by atoms with Gasteiger partial charge in [0.15, 0.2) is 11.5 Å². The summed E-state index contributed by atoms with van der Waals surface area (Å²) in [6.07, 6.45) is 0. The van der Waals surface area contributed by atoms with Gasteiger partial charge < -0.3 is 9.64 Å². The lowest BCUT2D eigenvalue weighted by atomic mass is 10.2. The number of rotatable bonds is 8. The summed E-state index contributed by atoms with van der Waals surface area (Å²) >= 11 is 0. The van der Waals surface area contributed by atoms with Gasteiger partial charge in [0.2, 0.25) is 10.0 Å². The molecule has 0 fully saturated rings. The van der Waals surface area contributed by atoms with Crippen LogP contribution in [0.3, 0.4) is 0 Å². The van der Waals surface area contributed by atoms with Crippen molar-refractivity contribution in [3.05, 3.63) is 29.8 Å². The normalized spacial score (nSPS) is 11.7. The Labute approximate surface area is 151 Å². The highest BCUT2D eigenvalue weighted by molar-refractivity contribution is 7.89. The van der Waals surface area contributed by atoms with E-state index in [4.69, 9.17) is 4.74 Å².